The first kappa shape index (κ1) is 11.1. The van der Waals surface area contributed by atoms with Gasteiger partial charge >= 0.3 is 0 Å². The topological polar surface area (TPSA) is 21.3 Å². The van der Waals surface area contributed by atoms with Gasteiger partial charge in [0.15, 0.2) is 0 Å². The normalized spacial score (nSPS) is 26.7. The molecule has 84 valence electrons. The van der Waals surface area contributed by atoms with Gasteiger partial charge < -0.3 is 10.1 Å². The van der Waals surface area contributed by atoms with E-state index in [1.165, 1.54) is 18.4 Å². The molecular formula is C12H19NOS. The van der Waals surface area contributed by atoms with Crippen LogP contribution in [0.15, 0.2) is 16.8 Å². The highest BCUT2D eigenvalue weighted by Gasteiger charge is 2.32. The molecule has 3 heteroatoms. The largest absolute Gasteiger partial charge is 0.381 e. The summed E-state index contributed by atoms with van der Waals surface area (Å²) in [6.07, 6.45) is 3.63. The zero-order valence-electron chi connectivity index (χ0n) is 9.29. The van der Waals surface area contributed by atoms with Gasteiger partial charge in [-0.05, 0) is 48.7 Å². The summed E-state index contributed by atoms with van der Waals surface area (Å²) in [6.45, 7) is 2.90. The van der Waals surface area contributed by atoms with Crippen molar-refractivity contribution < 1.29 is 4.74 Å². The number of ether oxygens (including phenoxy) is 1. The Hall–Kier alpha value is -0.380. The molecule has 2 nitrogen and oxygen atoms in total. The zero-order chi connectivity index (χ0) is 10.6. The molecular weight excluding hydrogens is 206 g/mol. The van der Waals surface area contributed by atoms with Gasteiger partial charge in [0.1, 0.15) is 0 Å². The van der Waals surface area contributed by atoms with Crippen LogP contribution in [0.3, 0.4) is 0 Å². The molecule has 1 unspecified atom stereocenters. The van der Waals surface area contributed by atoms with Crippen LogP contribution in [0.5, 0.6) is 0 Å². The van der Waals surface area contributed by atoms with Crippen LogP contribution in [0.1, 0.15) is 18.4 Å². The van der Waals surface area contributed by atoms with Crippen LogP contribution in [-0.4, -0.2) is 26.8 Å². The zero-order valence-corrected chi connectivity index (χ0v) is 10.1. The smallest absolute Gasteiger partial charge is 0.0537 e. The van der Waals surface area contributed by atoms with Gasteiger partial charge in [-0.2, -0.15) is 11.3 Å². The van der Waals surface area contributed by atoms with Crippen LogP contribution in [0.25, 0.3) is 0 Å². The van der Waals surface area contributed by atoms with E-state index >= 15 is 0 Å². The fourth-order valence-electron chi connectivity index (χ4n) is 2.45. The average molecular weight is 225 g/mol. The fourth-order valence-corrected chi connectivity index (χ4v) is 3.12. The van der Waals surface area contributed by atoms with E-state index in [1.54, 1.807) is 11.3 Å². The summed E-state index contributed by atoms with van der Waals surface area (Å²) in [5.41, 5.74) is 1.79. The molecule has 1 saturated heterocycles. The summed E-state index contributed by atoms with van der Waals surface area (Å²) in [5, 5.41) is 7.73. The molecule has 1 atom stereocenters. The third-order valence-corrected chi connectivity index (χ3v) is 3.85. The highest BCUT2D eigenvalue weighted by atomic mass is 32.1. The Morgan fingerprint density at radius 1 is 1.60 bits per heavy atom. The molecule has 0 bridgehead atoms. The van der Waals surface area contributed by atoms with Crippen molar-refractivity contribution >= 4 is 11.3 Å². The van der Waals surface area contributed by atoms with Gasteiger partial charge in [-0.3, -0.25) is 0 Å². The van der Waals surface area contributed by atoms with Gasteiger partial charge in [0.05, 0.1) is 6.61 Å². The molecule has 0 spiro atoms. The molecule has 0 radical (unpaired) electrons. The van der Waals surface area contributed by atoms with Crippen molar-refractivity contribution in [2.24, 2.45) is 5.41 Å². The van der Waals surface area contributed by atoms with E-state index in [9.17, 15) is 0 Å². The predicted octanol–water partition coefficient (Wildman–Crippen LogP) is 2.31. The lowest BCUT2D eigenvalue weighted by molar-refractivity contribution is -0.00619. The molecule has 0 aliphatic carbocycles. The monoisotopic (exact) mass is 225 g/mol. The maximum absolute atomic E-state index is 5.65. The van der Waals surface area contributed by atoms with Crippen molar-refractivity contribution in [3.63, 3.8) is 0 Å². The third kappa shape index (κ3) is 2.80. The number of thiophene rings is 1. The van der Waals surface area contributed by atoms with E-state index < -0.39 is 0 Å². The summed E-state index contributed by atoms with van der Waals surface area (Å²) in [4.78, 5) is 0. The molecule has 2 rings (SSSR count). The molecule has 1 aromatic rings. The van der Waals surface area contributed by atoms with Crippen molar-refractivity contribution in [1.29, 1.82) is 0 Å². The standard InChI is InChI=1S/C12H19NOS/c1-13-9-12(4-2-5-14-10-12)7-11-3-6-15-8-11/h3,6,8,13H,2,4-5,7,9-10H2,1H3. The van der Waals surface area contributed by atoms with E-state index in [0.29, 0.717) is 5.41 Å². The molecule has 0 saturated carbocycles. The minimum atomic E-state index is 0.327. The maximum atomic E-state index is 5.65. The third-order valence-electron chi connectivity index (χ3n) is 3.12. The molecule has 1 aliphatic rings. The molecule has 0 aromatic carbocycles. The molecule has 2 heterocycles. The first-order valence-corrected chi connectivity index (χ1v) is 6.52. The summed E-state index contributed by atoms with van der Waals surface area (Å²) in [6, 6.07) is 2.23. The fraction of sp³-hybridized carbons (Fsp3) is 0.667. The number of hydrogen-bond donors (Lipinski definition) is 1. The van der Waals surface area contributed by atoms with Gasteiger partial charge in [-0.25, -0.2) is 0 Å². The quantitative estimate of drug-likeness (QED) is 0.849. The number of nitrogens with one attached hydrogen (secondary N) is 1. The van der Waals surface area contributed by atoms with Crippen LogP contribution in [0.4, 0.5) is 0 Å². The highest BCUT2D eigenvalue weighted by Crippen LogP contribution is 2.32. The lowest BCUT2D eigenvalue weighted by Crippen LogP contribution is -2.41. The van der Waals surface area contributed by atoms with Crippen LogP contribution in [0.2, 0.25) is 0 Å². The van der Waals surface area contributed by atoms with Gasteiger partial charge in [0, 0.05) is 18.6 Å². The molecule has 1 aromatic heterocycles. The molecule has 1 N–H and O–H groups in total. The highest BCUT2D eigenvalue weighted by molar-refractivity contribution is 7.07. The van der Waals surface area contributed by atoms with E-state index in [4.69, 9.17) is 4.74 Å². The van der Waals surface area contributed by atoms with Crippen molar-refractivity contribution in [3.05, 3.63) is 22.4 Å². The Morgan fingerprint density at radius 3 is 3.13 bits per heavy atom. The Kier molecular flexibility index (Phi) is 3.78. The second kappa shape index (κ2) is 5.10. The lowest BCUT2D eigenvalue weighted by Gasteiger charge is -2.37. The first-order chi connectivity index (χ1) is 7.35. The summed E-state index contributed by atoms with van der Waals surface area (Å²) in [5.74, 6) is 0. The second-order valence-electron chi connectivity index (χ2n) is 4.49. The SMILES string of the molecule is CNCC1(Cc2ccsc2)CCCOC1. The van der Waals surface area contributed by atoms with Crippen molar-refractivity contribution in [1.82, 2.24) is 5.32 Å². The van der Waals surface area contributed by atoms with Crippen LogP contribution >= 0.6 is 11.3 Å². The van der Waals surface area contributed by atoms with Crippen LogP contribution in [-0.2, 0) is 11.2 Å². The van der Waals surface area contributed by atoms with Gasteiger partial charge in [-0.15, -0.1) is 0 Å². The van der Waals surface area contributed by atoms with Crippen molar-refractivity contribution in [3.8, 4) is 0 Å². The van der Waals surface area contributed by atoms with E-state index in [0.717, 1.165) is 26.2 Å². The van der Waals surface area contributed by atoms with Crippen LogP contribution in [0, 0.1) is 5.41 Å². The van der Waals surface area contributed by atoms with Crippen LogP contribution < -0.4 is 5.32 Å². The first-order valence-electron chi connectivity index (χ1n) is 5.58. The second-order valence-corrected chi connectivity index (χ2v) is 5.27. The molecule has 0 amide bonds. The number of rotatable bonds is 4. The lowest BCUT2D eigenvalue weighted by atomic mass is 9.77. The van der Waals surface area contributed by atoms with Crippen molar-refractivity contribution in [2.75, 3.05) is 26.8 Å². The van der Waals surface area contributed by atoms with Gasteiger partial charge in [0.2, 0.25) is 0 Å². The predicted molar refractivity (Wildman–Crippen MR) is 64.4 cm³/mol. The summed E-state index contributed by atoms with van der Waals surface area (Å²) < 4.78 is 5.65. The molecule has 1 aliphatic heterocycles. The molecule has 1 fully saturated rings. The van der Waals surface area contributed by atoms with Gasteiger partial charge in [-0.1, -0.05) is 0 Å². The Labute approximate surface area is 95.6 Å². The summed E-state index contributed by atoms with van der Waals surface area (Å²) in [7, 11) is 2.03. The Morgan fingerprint density at radius 2 is 2.53 bits per heavy atom. The minimum Gasteiger partial charge on any atom is -0.381 e. The minimum absolute atomic E-state index is 0.327. The van der Waals surface area contributed by atoms with E-state index in [2.05, 4.69) is 22.1 Å². The Balaban J connectivity index is 2.04. The van der Waals surface area contributed by atoms with Crippen molar-refractivity contribution in [2.45, 2.75) is 19.3 Å². The van der Waals surface area contributed by atoms with E-state index in [1.807, 2.05) is 7.05 Å². The Bertz CT molecular complexity index is 272. The molecule has 15 heavy (non-hydrogen) atoms. The average Bonchev–Trinajstić information content (AvgIpc) is 2.72. The van der Waals surface area contributed by atoms with Gasteiger partial charge in [0.25, 0.3) is 0 Å². The summed E-state index contributed by atoms with van der Waals surface area (Å²) >= 11 is 1.78. The number of hydrogen-bond acceptors (Lipinski definition) is 3. The van der Waals surface area contributed by atoms with E-state index in [-0.39, 0.29) is 0 Å². The maximum Gasteiger partial charge on any atom is 0.0537 e.